The first kappa shape index (κ1) is 43.1. The minimum atomic E-state index is -5.08. The Labute approximate surface area is 323 Å². The molecule has 1 N–H and O–H groups in total. The molecule has 0 spiro atoms. The van der Waals surface area contributed by atoms with Crippen LogP contribution in [-0.2, 0) is 30.2 Å². The molecule has 0 amide bonds. The van der Waals surface area contributed by atoms with Crippen molar-refractivity contribution in [2.75, 3.05) is 32.8 Å². The Kier molecular flexibility index (Phi) is 14.8. The van der Waals surface area contributed by atoms with Crippen molar-refractivity contribution in [3.05, 3.63) is 88.5 Å². The number of carboxylic acids is 1. The normalized spacial score (nSPS) is 11.6. The van der Waals surface area contributed by atoms with Gasteiger partial charge in [0.2, 0.25) is 5.95 Å². The molecule has 0 fully saturated rings. The number of alkyl halides is 6. The first-order valence-corrected chi connectivity index (χ1v) is 15.8. The first-order chi connectivity index (χ1) is 24.4. The van der Waals surface area contributed by atoms with Crippen LogP contribution in [0.2, 0.25) is 0 Å². The van der Waals surface area contributed by atoms with E-state index in [0.717, 1.165) is 0 Å². The minimum absolute atomic E-state index is 0. The van der Waals surface area contributed by atoms with E-state index in [2.05, 4.69) is 9.97 Å². The monoisotopic (exact) mass is 763 g/mol. The summed E-state index contributed by atoms with van der Waals surface area (Å²) in [4.78, 5) is 20.8. The Hall–Kier alpha value is -4.28. The maximum absolute atomic E-state index is 15.1. The third kappa shape index (κ3) is 11.1. The first-order valence-electron chi connectivity index (χ1n) is 15.8. The predicted octanol–water partition coefficient (Wildman–Crippen LogP) is 8.27. The molecular formula is C36H37F7N3NaO6. The van der Waals surface area contributed by atoms with Crippen molar-refractivity contribution in [3.63, 3.8) is 0 Å². The number of anilines is 1. The van der Waals surface area contributed by atoms with Crippen molar-refractivity contribution < 1.29 is 59.6 Å². The zero-order valence-corrected chi connectivity index (χ0v) is 28.8. The number of aliphatic carboxylic acids is 1. The number of methoxy groups -OCH3 is 3. The summed E-state index contributed by atoms with van der Waals surface area (Å²) in [5, 5.41) is 8.86. The van der Waals surface area contributed by atoms with Gasteiger partial charge in [-0.05, 0) is 71.0 Å². The van der Waals surface area contributed by atoms with Crippen LogP contribution < -0.4 is 23.8 Å². The average Bonchev–Trinajstić information content (AvgIpc) is 3.08. The molecule has 0 saturated heterocycles. The Morgan fingerprint density at radius 2 is 1.36 bits per heavy atom. The molecule has 0 bridgehead atoms. The molecular weight excluding hydrogens is 726 g/mol. The van der Waals surface area contributed by atoms with Crippen LogP contribution in [0.15, 0.2) is 54.9 Å². The number of carbonyl (C=O) groups is 1. The van der Waals surface area contributed by atoms with E-state index in [-0.39, 0.29) is 102 Å². The molecule has 0 unspecified atom stereocenters. The van der Waals surface area contributed by atoms with Gasteiger partial charge < -0.3 is 29.0 Å². The van der Waals surface area contributed by atoms with E-state index >= 15 is 4.39 Å². The molecule has 282 valence electrons. The molecule has 0 aliphatic heterocycles. The van der Waals surface area contributed by atoms with Gasteiger partial charge in [-0.2, -0.15) is 26.3 Å². The Balaban J connectivity index is 0.00000756. The fourth-order valence-corrected chi connectivity index (χ4v) is 5.39. The number of benzene rings is 3. The second-order valence-electron chi connectivity index (χ2n) is 11.9. The van der Waals surface area contributed by atoms with Crippen LogP contribution in [0.4, 0.5) is 36.7 Å². The van der Waals surface area contributed by atoms with Crippen molar-refractivity contribution in [2.24, 2.45) is 0 Å². The molecule has 1 aromatic heterocycles. The van der Waals surface area contributed by atoms with Crippen molar-refractivity contribution in [1.82, 2.24) is 9.97 Å². The number of aromatic nitrogens is 2. The zero-order chi connectivity index (χ0) is 38.4. The molecule has 1 heterocycles. The van der Waals surface area contributed by atoms with E-state index < -0.39 is 41.8 Å². The van der Waals surface area contributed by atoms with Crippen LogP contribution in [0.1, 0.15) is 60.4 Å². The summed E-state index contributed by atoms with van der Waals surface area (Å²) in [6.45, 7) is 2.87. The number of hydrogen-bond acceptors (Lipinski definition) is 8. The predicted molar refractivity (Wildman–Crippen MR) is 183 cm³/mol. The van der Waals surface area contributed by atoms with E-state index in [4.69, 9.17) is 24.1 Å². The maximum atomic E-state index is 15.1. The van der Waals surface area contributed by atoms with Crippen molar-refractivity contribution >= 4 is 41.5 Å². The molecule has 4 rings (SSSR count). The Morgan fingerprint density at radius 3 is 1.87 bits per heavy atom. The van der Waals surface area contributed by atoms with Crippen molar-refractivity contribution in [2.45, 2.75) is 58.0 Å². The van der Waals surface area contributed by atoms with Crippen LogP contribution in [0, 0.1) is 5.82 Å². The number of rotatable bonds is 15. The molecule has 0 aliphatic rings. The van der Waals surface area contributed by atoms with E-state index in [1.165, 1.54) is 44.7 Å². The van der Waals surface area contributed by atoms with Gasteiger partial charge in [-0.3, -0.25) is 4.79 Å². The fraction of sp³-hybridized carbons (Fsp3) is 0.361. The molecule has 0 radical (unpaired) electrons. The van der Waals surface area contributed by atoms with E-state index in [9.17, 15) is 31.1 Å². The summed E-state index contributed by atoms with van der Waals surface area (Å²) in [5.74, 6) is -1.04. The van der Waals surface area contributed by atoms with Crippen LogP contribution in [0.3, 0.4) is 0 Å². The van der Waals surface area contributed by atoms with E-state index in [0.29, 0.717) is 34.4 Å². The topological polar surface area (TPSA) is 103 Å². The molecule has 0 aliphatic carbocycles. The number of hydrogen-bond donors (Lipinski definition) is 1. The fourth-order valence-electron chi connectivity index (χ4n) is 5.39. The molecule has 4 aromatic rings. The van der Waals surface area contributed by atoms with Crippen molar-refractivity contribution in [3.8, 4) is 34.1 Å². The van der Waals surface area contributed by atoms with Crippen LogP contribution in [0.25, 0.3) is 11.1 Å². The van der Waals surface area contributed by atoms with Gasteiger partial charge in [-0.15, -0.1) is 0 Å². The molecule has 0 atom stereocenters. The van der Waals surface area contributed by atoms with Gasteiger partial charge >= 0.3 is 47.9 Å². The third-order valence-electron chi connectivity index (χ3n) is 7.92. The standard InChI is InChI=1S/C36H36F7N3O6.Na.H/c1-20(2)26-13-28(30(49-3)15-29(26)37)27-14-32(51-5)31(50-4)11-22(27)19-46(34-44-16-25(17-45-34)52-8-6-7-33(47)48)18-21-9-23(35(38,39)40)12-24(10-21)36(41,42)43;;/h9-17,20H,6-8,18-19H2,1-5H3,(H,47,48);;. The third-order valence-corrected chi connectivity index (χ3v) is 7.92. The summed E-state index contributed by atoms with van der Waals surface area (Å²) >= 11 is 0. The summed E-state index contributed by atoms with van der Waals surface area (Å²) in [5.41, 5.74) is -1.70. The number of halogens is 7. The Bertz CT molecular complexity index is 1840. The summed E-state index contributed by atoms with van der Waals surface area (Å²) in [6, 6.07) is 7.29. The number of nitrogens with zero attached hydrogens (tertiary/aromatic N) is 3. The van der Waals surface area contributed by atoms with Gasteiger partial charge in [0, 0.05) is 31.1 Å². The molecule has 9 nitrogen and oxygen atoms in total. The zero-order valence-electron chi connectivity index (χ0n) is 28.8. The molecule has 0 saturated carbocycles. The van der Waals surface area contributed by atoms with E-state index in [1.807, 2.05) is 0 Å². The van der Waals surface area contributed by atoms with Gasteiger partial charge in [0.1, 0.15) is 11.6 Å². The van der Waals surface area contributed by atoms with Crippen molar-refractivity contribution in [1.29, 1.82) is 0 Å². The Morgan fingerprint density at radius 1 is 0.792 bits per heavy atom. The SMILES string of the molecule is COc1cc(CN(Cc2cc(C(F)(F)F)cc(C(F)(F)F)c2)c2ncc(OCCCC(=O)O)cn2)c(-c2cc(C(C)C)c(F)cc2OC)cc1OC.[NaH]. The quantitative estimate of drug-likeness (QED) is 0.0729. The van der Waals surface area contributed by atoms with Crippen LogP contribution in [-0.4, -0.2) is 78.5 Å². The van der Waals surface area contributed by atoms with Gasteiger partial charge in [0.25, 0.3) is 0 Å². The summed E-state index contributed by atoms with van der Waals surface area (Å²) in [7, 11) is 4.14. The van der Waals surface area contributed by atoms with Gasteiger partial charge in [-0.25, -0.2) is 14.4 Å². The number of ether oxygens (including phenoxy) is 4. The summed E-state index contributed by atoms with van der Waals surface area (Å²) in [6.07, 6.45) is -7.63. The van der Waals surface area contributed by atoms with Gasteiger partial charge in [-0.1, -0.05) is 13.8 Å². The second kappa shape index (κ2) is 18.2. The summed E-state index contributed by atoms with van der Waals surface area (Å²) < 4.78 is 120. The van der Waals surface area contributed by atoms with Gasteiger partial charge in [0.15, 0.2) is 17.2 Å². The molecule has 3 aromatic carbocycles. The van der Waals surface area contributed by atoms with E-state index in [1.54, 1.807) is 32.0 Å². The average molecular weight is 764 g/mol. The van der Waals surface area contributed by atoms with Crippen LogP contribution >= 0.6 is 0 Å². The van der Waals surface area contributed by atoms with Gasteiger partial charge in [0.05, 0.1) is 51.5 Å². The molecule has 17 heteroatoms. The van der Waals surface area contributed by atoms with Crippen LogP contribution in [0.5, 0.6) is 23.0 Å². The molecule has 53 heavy (non-hydrogen) atoms. The number of carboxylic acid groups (broad SMARTS) is 1. The second-order valence-corrected chi connectivity index (χ2v) is 11.9.